The van der Waals surface area contributed by atoms with Crippen molar-refractivity contribution >= 4 is 5.97 Å². The highest BCUT2D eigenvalue weighted by atomic mass is 16.6. The molecule has 1 fully saturated rings. The van der Waals surface area contributed by atoms with E-state index in [-0.39, 0.29) is 35.0 Å². The SMILES string of the molecule is COc1cc(C(=O)O[C@H]2CC(C)=CCC[C@]3(C)O[C@@H]3[C@H](O)[C@@H]2C(C)C)ccc1O. The van der Waals surface area contributed by atoms with Crippen LogP contribution in [0.3, 0.4) is 0 Å². The number of aromatic hydroxyl groups is 1. The van der Waals surface area contributed by atoms with Gasteiger partial charge in [0.05, 0.1) is 24.4 Å². The molecule has 1 aliphatic heterocycles. The van der Waals surface area contributed by atoms with Gasteiger partial charge in [-0.2, -0.15) is 0 Å². The van der Waals surface area contributed by atoms with E-state index in [1.54, 1.807) is 0 Å². The van der Waals surface area contributed by atoms with Crippen molar-refractivity contribution < 1.29 is 29.2 Å². The normalized spacial score (nSPS) is 32.2. The van der Waals surface area contributed by atoms with Gasteiger partial charge in [-0.1, -0.05) is 25.5 Å². The van der Waals surface area contributed by atoms with Crippen molar-refractivity contribution in [1.82, 2.24) is 0 Å². The Morgan fingerprint density at radius 3 is 2.72 bits per heavy atom. The first-order chi connectivity index (χ1) is 13.7. The second kappa shape index (κ2) is 8.36. The second-order valence-corrected chi connectivity index (χ2v) is 8.79. The molecule has 0 amide bonds. The Bertz CT molecular complexity index is 786. The number of phenolic OH excluding ortho intramolecular Hbond substituents is 1. The smallest absolute Gasteiger partial charge is 0.338 e. The van der Waals surface area contributed by atoms with Gasteiger partial charge in [0.25, 0.3) is 0 Å². The molecule has 1 saturated heterocycles. The average Bonchev–Trinajstić information content (AvgIpc) is 3.32. The number of aliphatic hydroxyl groups excluding tert-OH is 1. The number of carbonyl (C=O) groups excluding carboxylic acids is 1. The Hall–Kier alpha value is -2.05. The van der Waals surface area contributed by atoms with Gasteiger partial charge < -0.3 is 24.4 Å². The van der Waals surface area contributed by atoms with Gasteiger partial charge in [-0.15, -0.1) is 0 Å². The second-order valence-electron chi connectivity index (χ2n) is 8.79. The van der Waals surface area contributed by atoms with Gasteiger partial charge in [-0.3, -0.25) is 0 Å². The molecule has 0 radical (unpaired) electrons. The number of phenols is 1. The molecule has 2 aliphatic rings. The lowest BCUT2D eigenvalue weighted by molar-refractivity contribution is -0.0419. The van der Waals surface area contributed by atoms with Crippen LogP contribution >= 0.6 is 0 Å². The topological polar surface area (TPSA) is 88.5 Å². The first-order valence-corrected chi connectivity index (χ1v) is 10.3. The highest BCUT2D eigenvalue weighted by Crippen LogP contribution is 2.47. The van der Waals surface area contributed by atoms with Crippen LogP contribution in [0.2, 0.25) is 0 Å². The van der Waals surface area contributed by atoms with Gasteiger partial charge in [0, 0.05) is 12.3 Å². The largest absolute Gasteiger partial charge is 0.504 e. The molecular formula is C23H32O6. The summed E-state index contributed by atoms with van der Waals surface area (Å²) in [5.41, 5.74) is 1.11. The minimum Gasteiger partial charge on any atom is -0.504 e. The molecule has 0 aromatic heterocycles. The molecule has 0 bridgehead atoms. The molecule has 2 N–H and O–H groups in total. The number of aliphatic hydroxyl groups is 1. The Labute approximate surface area is 172 Å². The molecule has 5 atom stereocenters. The van der Waals surface area contributed by atoms with Gasteiger partial charge >= 0.3 is 5.97 Å². The zero-order valence-corrected chi connectivity index (χ0v) is 17.8. The van der Waals surface area contributed by atoms with Crippen molar-refractivity contribution in [2.45, 2.75) is 70.9 Å². The third kappa shape index (κ3) is 4.59. The first kappa shape index (κ1) is 21.7. The number of allylic oxidation sites excluding steroid dienone is 1. The van der Waals surface area contributed by atoms with Crippen LogP contribution in [0.1, 0.15) is 57.3 Å². The number of carbonyl (C=O) groups is 1. The van der Waals surface area contributed by atoms with E-state index in [1.165, 1.54) is 25.3 Å². The fraction of sp³-hybridized carbons (Fsp3) is 0.609. The van der Waals surface area contributed by atoms with Gasteiger partial charge in [0.1, 0.15) is 12.2 Å². The maximum absolute atomic E-state index is 12.9. The summed E-state index contributed by atoms with van der Waals surface area (Å²) in [5, 5.41) is 20.9. The number of epoxide rings is 1. The van der Waals surface area contributed by atoms with Gasteiger partial charge in [0.15, 0.2) is 11.5 Å². The molecule has 3 rings (SSSR count). The molecule has 29 heavy (non-hydrogen) atoms. The summed E-state index contributed by atoms with van der Waals surface area (Å²) in [5.74, 6) is -0.495. The van der Waals surface area contributed by atoms with E-state index < -0.39 is 18.2 Å². The Kier molecular flexibility index (Phi) is 6.24. The van der Waals surface area contributed by atoms with E-state index in [1.807, 2.05) is 27.7 Å². The van der Waals surface area contributed by atoms with Crippen LogP contribution in [0.25, 0.3) is 0 Å². The van der Waals surface area contributed by atoms with Crippen molar-refractivity contribution in [3.63, 3.8) is 0 Å². The number of hydrogen-bond acceptors (Lipinski definition) is 6. The molecule has 1 aliphatic carbocycles. The van der Waals surface area contributed by atoms with E-state index in [0.29, 0.717) is 12.0 Å². The lowest BCUT2D eigenvalue weighted by atomic mass is 9.78. The third-order valence-electron chi connectivity index (χ3n) is 6.17. The Balaban J connectivity index is 1.88. The number of esters is 1. The maximum atomic E-state index is 12.9. The summed E-state index contributed by atoms with van der Waals surface area (Å²) in [6, 6.07) is 4.37. The monoisotopic (exact) mass is 404 g/mol. The highest BCUT2D eigenvalue weighted by Gasteiger charge is 2.58. The molecule has 0 saturated carbocycles. The van der Waals surface area contributed by atoms with E-state index in [0.717, 1.165) is 18.4 Å². The number of benzene rings is 1. The van der Waals surface area contributed by atoms with Crippen LogP contribution in [0.4, 0.5) is 0 Å². The highest BCUT2D eigenvalue weighted by molar-refractivity contribution is 5.90. The van der Waals surface area contributed by atoms with E-state index in [9.17, 15) is 15.0 Å². The predicted molar refractivity (Wildman–Crippen MR) is 109 cm³/mol. The zero-order chi connectivity index (χ0) is 21.3. The minimum atomic E-state index is -0.710. The predicted octanol–water partition coefficient (Wildman–Crippen LogP) is 3.85. The van der Waals surface area contributed by atoms with Gasteiger partial charge in [0.2, 0.25) is 0 Å². The molecule has 1 heterocycles. The quantitative estimate of drug-likeness (QED) is 0.450. The number of hydrogen-bond donors (Lipinski definition) is 2. The molecule has 1 aromatic rings. The van der Waals surface area contributed by atoms with Crippen molar-refractivity contribution in [3.05, 3.63) is 35.4 Å². The lowest BCUT2D eigenvalue weighted by Crippen LogP contribution is -2.43. The van der Waals surface area contributed by atoms with Crippen LogP contribution in [-0.4, -0.2) is 47.2 Å². The number of methoxy groups -OCH3 is 1. The molecule has 1 aromatic carbocycles. The summed E-state index contributed by atoms with van der Waals surface area (Å²) in [4.78, 5) is 12.9. The summed E-state index contributed by atoms with van der Waals surface area (Å²) in [6.07, 6.45) is 3.03. The number of rotatable bonds is 4. The third-order valence-corrected chi connectivity index (χ3v) is 6.17. The average molecular weight is 405 g/mol. The molecule has 0 unspecified atom stereocenters. The van der Waals surface area contributed by atoms with Crippen LogP contribution in [-0.2, 0) is 9.47 Å². The van der Waals surface area contributed by atoms with Crippen LogP contribution in [0.15, 0.2) is 29.8 Å². The molecule has 6 nitrogen and oxygen atoms in total. The van der Waals surface area contributed by atoms with Crippen molar-refractivity contribution in [2.24, 2.45) is 11.8 Å². The summed E-state index contributed by atoms with van der Waals surface area (Å²) < 4.78 is 16.9. The van der Waals surface area contributed by atoms with E-state index >= 15 is 0 Å². The van der Waals surface area contributed by atoms with E-state index in [2.05, 4.69) is 6.08 Å². The zero-order valence-electron chi connectivity index (χ0n) is 17.8. The van der Waals surface area contributed by atoms with Gasteiger partial charge in [-0.05, 0) is 50.8 Å². The number of ether oxygens (including phenoxy) is 3. The summed E-state index contributed by atoms with van der Waals surface area (Å²) in [7, 11) is 1.43. The van der Waals surface area contributed by atoms with Crippen molar-refractivity contribution in [2.75, 3.05) is 7.11 Å². The molecule has 6 heteroatoms. The standard InChI is InChI=1S/C23H32O6/c1-13(2)19-18(28-22(26)15-8-9-16(24)17(12-15)27-5)11-14(3)7-6-10-23(4)21(29-23)20(19)25/h7-9,12-13,18-21,24-25H,6,10-11H2,1-5H3/t18-,19+,20+,21+,23-/m0/s1. The summed E-state index contributed by atoms with van der Waals surface area (Å²) >= 11 is 0. The fourth-order valence-corrected chi connectivity index (χ4v) is 4.41. The Morgan fingerprint density at radius 2 is 2.07 bits per heavy atom. The van der Waals surface area contributed by atoms with E-state index in [4.69, 9.17) is 14.2 Å². The molecular weight excluding hydrogens is 372 g/mol. The summed E-state index contributed by atoms with van der Waals surface area (Å²) in [6.45, 7) is 8.13. The maximum Gasteiger partial charge on any atom is 0.338 e. The van der Waals surface area contributed by atoms with Crippen molar-refractivity contribution in [3.8, 4) is 11.5 Å². The van der Waals surface area contributed by atoms with Crippen LogP contribution in [0.5, 0.6) is 11.5 Å². The van der Waals surface area contributed by atoms with Crippen molar-refractivity contribution in [1.29, 1.82) is 0 Å². The molecule has 0 spiro atoms. The first-order valence-electron chi connectivity index (χ1n) is 10.3. The van der Waals surface area contributed by atoms with Crippen LogP contribution in [0, 0.1) is 11.8 Å². The van der Waals surface area contributed by atoms with Gasteiger partial charge in [-0.25, -0.2) is 4.79 Å². The van der Waals surface area contributed by atoms with Crippen LogP contribution < -0.4 is 4.74 Å². The lowest BCUT2D eigenvalue weighted by Gasteiger charge is -2.34. The molecule has 160 valence electrons. The minimum absolute atomic E-state index is 0.0397. The fourth-order valence-electron chi connectivity index (χ4n) is 4.41. The number of fused-ring (bicyclic) bond motifs is 1. The Morgan fingerprint density at radius 1 is 1.34 bits per heavy atom.